The van der Waals surface area contributed by atoms with Crippen molar-refractivity contribution < 1.29 is 13.2 Å². The van der Waals surface area contributed by atoms with Crippen LogP contribution < -0.4 is 0 Å². The van der Waals surface area contributed by atoms with Gasteiger partial charge in [-0.15, -0.1) is 4.40 Å². The minimum absolute atomic E-state index is 0.0363. The summed E-state index contributed by atoms with van der Waals surface area (Å²) in [5.74, 6) is 0.0776. The first-order valence-electron chi connectivity index (χ1n) is 7.07. The zero-order valence-electron chi connectivity index (χ0n) is 13.5. The van der Waals surface area contributed by atoms with Crippen molar-refractivity contribution in [3.8, 4) is 0 Å². The molecule has 23 heavy (non-hydrogen) atoms. The second kappa shape index (κ2) is 6.42. The molecule has 1 aliphatic carbocycles. The van der Waals surface area contributed by atoms with Gasteiger partial charge in [0.2, 0.25) is 0 Å². The van der Waals surface area contributed by atoms with E-state index in [2.05, 4.69) is 9.39 Å². The molecule has 0 heterocycles. The molecule has 1 aromatic rings. The lowest BCUT2D eigenvalue weighted by atomic mass is 9.98. The van der Waals surface area contributed by atoms with Gasteiger partial charge in [0.25, 0.3) is 10.0 Å². The first-order chi connectivity index (χ1) is 10.7. The molecular weight excluding hydrogens is 312 g/mol. The molecule has 5 nitrogen and oxygen atoms in total. The van der Waals surface area contributed by atoms with Crippen molar-refractivity contribution in [3.05, 3.63) is 53.1 Å². The number of benzene rings is 1. The van der Waals surface area contributed by atoms with Crippen molar-refractivity contribution >= 4 is 27.4 Å². The third-order valence-corrected chi connectivity index (χ3v) is 4.68. The van der Waals surface area contributed by atoms with Crippen molar-refractivity contribution in [1.82, 2.24) is 0 Å². The van der Waals surface area contributed by atoms with E-state index in [9.17, 15) is 13.2 Å². The minimum atomic E-state index is -3.79. The normalized spacial score (nSPS) is 16.1. The SMILES string of the molecule is CC1=CC(=N/C(C)=N\S(=O)(=O)c2ccc(C)cc2)C=C(C)C1=O. The highest BCUT2D eigenvalue weighted by atomic mass is 32.2. The molecule has 0 aliphatic heterocycles. The second-order valence-electron chi connectivity index (χ2n) is 5.45. The van der Waals surface area contributed by atoms with Crippen molar-refractivity contribution in [2.45, 2.75) is 32.6 Å². The fraction of sp³-hybridized carbons (Fsp3) is 0.235. The standard InChI is InChI=1S/C17H18N2O3S/c1-11-5-7-16(8-6-11)23(21,22)19-14(4)18-15-9-12(2)17(20)13(3)10-15/h5-10H,1-4H3/b19-14-. The average Bonchev–Trinajstić information content (AvgIpc) is 2.44. The van der Waals surface area contributed by atoms with Crippen LogP contribution in [0.4, 0.5) is 0 Å². The monoisotopic (exact) mass is 330 g/mol. The van der Waals surface area contributed by atoms with E-state index in [0.717, 1.165) is 5.56 Å². The van der Waals surface area contributed by atoms with Gasteiger partial charge >= 0.3 is 0 Å². The maximum Gasteiger partial charge on any atom is 0.283 e. The summed E-state index contributed by atoms with van der Waals surface area (Å²) in [5.41, 5.74) is 2.62. The predicted molar refractivity (Wildman–Crippen MR) is 91.4 cm³/mol. The van der Waals surface area contributed by atoms with Crippen LogP contribution >= 0.6 is 0 Å². The van der Waals surface area contributed by atoms with Crippen molar-refractivity contribution in [2.24, 2.45) is 9.39 Å². The van der Waals surface area contributed by atoms with Gasteiger partial charge < -0.3 is 0 Å². The molecule has 0 bridgehead atoms. The molecule has 0 aromatic heterocycles. The van der Waals surface area contributed by atoms with E-state index >= 15 is 0 Å². The van der Waals surface area contributed by atoms with Gasteiger partial charge in [0.15, 0.2) is 5.78 Å². The molecule has 6 heteroatoms. The first kappa shape index (κ1) is 17.0. The molecule has 1 aliphatic rings. The van der Waals surface area contributed by atoms with E-state index in [-0.39, 0.29) is 16.5 Å². The summed E-state index contributed by atoms with van der Waals surface area (Å²) in [6.45, 7) is 6.79. The quantitative estimate of drug-likeness (QED) is 0.475. The van der Waals surface area contributed by atoms with Crippen molar-refractivity contribution in [3.63, 3.8) is 0 Å². The van der Waals surface area contributed by atoms with Crippen molar-refractivity contribution in [2.75, 3.05) is 0 Å². The van der Waals surface area contributed by atoms with Gasteiger partial charge in [0.1, 0.15) is 5.84 Å². The van der Waals surface area contributed by atoms with E-state index in [1.165, 1.54) is 19.1 Å². The molecule has 2 rings (SSSR count). The van der Waals surface area contributed by atoms with Crippen LogP contribution in [0.5, 0.6) is 0 Å². The number of carbonyl (C=O) groups excluding carboxylic acids is 1. The molecule has 0 fully saturated rings. The van der Waals surface area contributed by atoms with Crippen LogP contribution in [0.1, 0.15) is 26.3 Å². The Morgan fingerprint density at radius 1 is 0.957 bits per heavy atom. The Morgan fingerprint density at radius 2 is 1.48 bits per heavy atom. The highest BCUT2D eigenvalue weighted by Crippen LogP contribution is 2.15. The summed E-state index contributed by atoms with van der Waals surface area (Å²) >= 11 is 0. The number of aliphatic imine (C=N–C) groups is 1. The number of amidine groups is 1. The fourth-order valence-electron chi connectivity index (χ4n) is 2.14. The number of nitrogens with zero attached hydrogens (tertiary/aromatic N) is 2. The topological polar surface area (TPSA) is 75.9 Å². The number of hydrogen-bond acceptors (Lipinski definition) is 3. The molecule has 0 unspecified atom stereocenters. The van der Waals surface area contributed by atoms with Crippen LogP contribution in [0.15, 0.2) is 61.8 Å². The zero-order valence-corrected chi connectivity index (χ0v) is 14.3. The number of hydrogen-bond donors (Lipinski definition) is 0. The minimum Gasteiger partial charge on any atom is -0.289 e. The molecule has 0 radical (unpaired) electrons. The molecular formula is C17H18N2O3S. The van der Waals surface area contributed by atoms with Crippen LogP contribution in [0.25, 0.3) is 0 Å². The summed E-state index contributed by atoms with van der Waals surface area (Å²) < 4.78 is 28.2. The predicted octanol–water partition coefficient (Wildman–Crippen LogP) is 3.02. The Morgan fingerprint density at radius 3 is 2.00 bits per heavy atom. The zero-order chi connectivity index (χ0) is 17.2. The number of ketones is 1. The maximum absolute atomic E-state index is 12.2. The number of carbonyl (C=O) groups is 1. The maximum atomic E-state index is 12.2. The number of rotatable bonds is 2. The number of allylic oxidation sites excluding steroid dienone is 4. The highest BCUT2D eigenvalue weighted by molar-refractivity contribution is 7.90. The lowest BCUT2D eigenvalue weighted by Gasteiger charge is -2.08. The van der Waals surface area contributed by atoms with Crippen molar-refractivity contribution in [1.29, 1.82) is 0 Å². The van der Waals surface area contributed by atoms with E-state index in [0.29, 0.717) is 16.9 Å². The third kappa shape index (κ3) is 4.10. The molecule has 0 saturated heterocycles. The van der Waals surface area contributed by atoms with Gasteiger partial charge in [-0.05, 0) is 63.1 Å². The summed E-state index contributed by atoms with van der Waals surface area (Å²) in [4.78, 5) is 16.0. The summed E-state index contributed by atoms with van der Waals surface area (Å²) in [6.07, 6.45) is 3.24. The third-order valence-electron chi connectivity index (χ3n) is 3.31. The number of sulfonamides is 1. The lowest BCUT2D eigenvalue weighted by Crippen LogP contribution is -2.11. The van der Waals surface area contributed by atoms with E-state index in [4.69, 9.17) is 0 Å². The Balaban J connectivity index is 2.35. The number of Topliss-reactive ketones (excluding diaryl/α,β-unsaturated/α-hetero) is 1. The Hall–Kier alpha value is -2.34. The van der Waals surface area contributed by atoms with Gasteiger partial charge in [-0.1, -0.05) is 17.7 Å². The van der Waals surface area contributed by atoms with Crippen LogP contribution in [-0.4, -0.2) is 25.7 Å². The summed E-state index contributed by atoms with van der Waals surface area (Å²) in [5, 5.41) is 0. The average molecular weight is 330 g/mol. The largest absolute Gasteiger partial charge is 0.289 e. The molecule has 0 saturated carbocycles. The van der Waals surface area contributed by atoms with Gasteiger partial charge in [0, 0.05) is 0 Å². The summed E-state index contributed by atoms with van der Waals surface area (Å²) in [7, 11) is -3.79. The highest BCUT2D eigenvalue weighted by Gasteiger charge is 2.15. The molecule has 120 valence electrons. The van der Waals surface area contributed by atoms with Gasteiger partial charge in [0.05, 0.1) is 10.6 Å². The summed E-state index contributed by atoms with van der Waals surface area (Å²) in [6, 6.07) is 6.47. The second-order valence-corrected chi connectivity index (χ2v) is 7.05. The van der Waals surface area contributed by atoms with E-state index in [1.54, 1.807) is 38.1 Å². The smallest absolute Gasteiger partial charge is 0.283 e. The van der Waals surface area contributed by atoms with E-state index in [1.807, 2.05) is 6.92 Å². The van der Waals surface area contributed by atoms with Crippen LogP contribution in [0.3, 0.4) is 0 Å². The first-order valence-corrected chi connectivity index (χ1v) is 8.51. The number of aryl methyl sites for hydroxylation is 1. The van der Waals surface area contributed by atoms with Gasteiger partial charge in [-0.3, -0.25) is 4.79 Å². The van der Waals surface area contributed by atoms with Gasteiger partial charge in [-0.2, -0.15) is 8.42 Å². The lowest BCUT2D eigenvalue weighted by molar-refractivity contribution is -0.112. The molecule has 0 spiro atoms. The van der Waals surface area contributed by atoms with Crippen LogP contribution in [-0.2, 0) is 14.8 Å². The molecule has 0 atom stereocenters. The van der Waals surface area contributed by atoms with Crippen LogP contribution in [0, 0.1) is 6.92 Å². The Kier molecular flexibility index (Phi) is 4.75. The Labute approximate surface area is 136 Å². The molecule has 0 N–H and O–H groups in total. The molecule has 0 amide bonds. The van der Waals surface area contributed by atoms with E-state index < -0.39 is 10.0 Å². The molecule has 1 aromatic carbocycles. The van der Waals surface area contributed by atoms with Gasteiger partial charge in [-0.25, -0.2) is 4.99 Å². The van der Waals surface area contributed by atoms with Crippen LogP contribution in [0.2, 0.25) is 0 Å². The Bertz CT molecular complexity index is 847. The fourth-order valence-corrected chi connectivity index (χ4v) is 3.11.